The number of aromatic nitrogens is 2. The number of H-pyrrole nitrogens is 1. The van der Waals surface area contributed by atoms with Gasteiger partial charge in [0.1, 0.15) is 5.69 Å². The fourth-order valence-electron chi connectivity index (χ4n) is 2.03. The van der Waals surface area contributed by atoms with Gasteiger partial charge in [0.05, 0.1) is 5.69 Å². The summed E-state index contributed by atoms with van der Waals surface area (Å²) in [5, 5.41) is 0. The normalized spacial score (nSPS) is 10.4. The van der Waals surface area contributed by atoms with E-state index in [4.69, 9.17) is 0 Å². The lowest BCUT2D eigenvalue weighted by Gasteiger charge is -2.16. The van der Waals surface area contributed by atoms with Crippen molar-refractivity contribution in [1.29, 1.82) is 0 Å². The van der Waals surface area contributed by atoms with Gasteiger partial charge in [-0.05, 0) is 12.5 Å². The Balaban J connectivity index is 2.31. The van der Waals surface area contributed by atoms with E-state index >= 15 is 0 Å². The first-order valence-electron chi connectivity index (χ1n) is 7.04. The van der Waals surface area contributed by atoms with Crippen LogP contribution in [0.3, 0.4) is 0 Å². The molecule has 1 amide bonds. The van der Waals surface area contributed by atoms with E-state index in [0.29, 0.717) is 12.2 Å². The van der Waals surface area contributed by atoms with Crippen LogP contribution in [-0.4, -0.2) is 34.4 Å². The molecule has 0 spiro atoms. The lowest BCUT2D eigenvalue weighted by Crippen LogP contribution is -2.30. The molecule has 0 aliphatic rings. The van der Waals surface area contributed by atoms with Crippen LogP contribution in [0.4, 0.5) is 0 Å². The van der Waals surface area contributed by atoms with Crippen molar-refractivity contribution in [2.75, 3.05) is 13.6 Å². The van der Waals surface area contributed by atoms with Gasteiger partial charge in [0.25, 0.3) is 5.91 Å². The van der Waals surface area contributed by atoms with Crippen molar-refractivity contribution in [3.8, 4) is 11.3 Å². The molecular weight excluding hydrogens is 266 g/mol. The van der Waals surface area contributed by atoms with Crippen LogP contribution in [0.1, 0.15) is 30.3 Å². The molecule has 1 aromatic carbocycles. The smallest absolute Gasteiger partial charge is 0.340 e. The maximum Gasteiger partial charge on any atom is 0.346 e. The molecule has 1 aromatic heterocycles. The van der Waals surface area contributed by atoms with E-state index in [2.05, 4.69) is 16.9 Å². The van der Waals surface area contributed by atoms with Crippen molar-refractivity contribution in [3.63, 3.8) is 0 Å². The van der Waals surface area contributed by atoms with Gasteiger partial charge in [-0.25, -0.2) is 4.79 Å². The second-order valence-corrected chi connectivity index (χ2v) is 4.93. The quantitative estimate of drug-likeness (QED) is 0.916. The first-order chi connectivity index (χ1) is 10.1. The number of hydrogen-bond acceptors (Lipinski definition) is 3. The second-order valence-electron chi connectivity index (χ2n) is 4.93. The number of nitrogens with one attached hydrogen (secondary N) is 1. The largest absolute Gasteiger partial charge is 0.346 e. The Morgan fingerprint density at radius 1 is 1.29 bits per heavy atom. The summed E-state index contributed by atoms with van der Waals surface area (Å²) >= 11 is 0. The summed E-state index contributed by atoms with van der Waals surface area (Å²) in [6, 6.07) is 11.0. The fourth-order valence-corrected chi connectivity index (χ4v) is 2.03. The molecule has 0 saturated heterocycles. The molecule has 0 atom stereocenters. The second kappa shape index (κ2) is 6.83. The lowest BCUT2D eigenvalue weighted by atomic mass is 10.1. The molecule has 0 aliphatic carbocycles. The minimum Gasteiger partial charge on any atom is -0.340 e. The summed E-state index contributed by atoms with van der Waals surface area (Å²) in [5.41, 5.74) is 1.08. The van der Waals surface area contributed by atoms with E-state index in [1.807, 2.05) is 30.3 Å². The average Bonchev–Trinajstić information content (AvgIpc) is 2.52. The van der Waals surface area contributed by atoms with E-state index in [1.165, 1.54) is 0 Å². The summed E-state index contributed by atoms with van der Waals surface area (Å²) in [5.74, 6) is -0.194. The van der Waals surface area contributed by atoms with E-state index < -0.39 is 5.69 Å². The first kappa shape index (κ1) is 15.0. The molecule has 0 bridgehead atoms. The van der Waals surface area contributed by atoms with Crippen molar-refractivity contribution < 1.29 is 4.79 Å². The molecule has 0 aliphatic heterocycles. The molecule has 0 fully saturated rings. The SMILES string of the molecule is CCCCN(C)C(=O)c1cc(-c2ccccc2)nc(=O)[nH]1. The minimum absolute atomic E-state index is 0.194. The van der Waals surface area contributed by atoms with Crippen molar-refractivity contribution in [2.24, 2.45) is 0 Å². The number of amides is 1. The number of unbranched alkanes of at least 4 members (excludes halogenated alkanes) is 1. The summed E-state index contributed by atoms with van der Waals surface area (Å²) < 4.78 is 0. The van der Waals surface area contributed by atoms with Crippen LogP contribution >= 0.6 is 0 Å². The molecular formula is C16H19N3O2. The standard InChI is InChI=1S/C16H19N3O2/c1-3-4-10-19(2)15(20)14-11-13(17-16(21)18-14)12-8-6-5-7-9-12/h5-9,11H,3-4,10H2,1-2H3,(H,17,18,21). The first-order valence-corrected chi connectivity index (χ1v) is 7.04. The molecule has 1 N–H and O–H groups in total. The van der Waals surface area contributed by atoms with Crippen LogP contribution in [0.15, 0.2) is 41.2 Å². The third-order valence-corrected chi connectivity index (χ3v) is 3.24. The molecule has 0 saturated carbocycles. The van der Waals surface area contributed by atoms with Gasteiger partial charge in [-0.15, -0.1) is 0 Å². The van der Waals surface area contributed by atoms with E-state index in [-0.39, 0.29) is 11.6 Å². The lowest BCUT2D eigenvalue weighted by molar-refractivity contribution is 0.0787. The monoisotopic (exact) mass is 285 g/mol. The Kier molecular flexibility index (Phi) is 4.87. The van der Waals surface area contributed by atoms with Gasteiger partial charge in [0, 0.05) is 19.2 Å². The Hall–Kier alpha value is -2.43. The third kappa shape index (κ3) is 3.78. The fraction of sp³-hybridized carbons (Fsp3) is 0.312. The number of rotatable bonds is 5. The topological polar surface area (TPSA) is 66.1 Å². The van der Waals surface area contributed by atoms with Gasteiger partial charge < -0.3 is 9.88 Å². The molecule has 21 heavy (non-hydrogen) atoms. The van der Waals surface area contributed by atoms with Crippen LogP contribution in [0.5, 0.6) is 0 Å². The van der Waals surface area contributed by atoms with Gasteiger partial charge in [-0.2, -0.15) is 4.98 Å². The number of aromatic amines is 1. The number of benzene rings is 1. The molecule has 2 rings (SSSR count). The maximum absolute atomic E-state index is 12.3. The van der Waals surface area contributed by atoms with Crippen LogP contribution in [0.25, 0.3) is 11.3 Å². The summed E-state index contributed by atoms with van der Waals surface area (Å²) in [6.45, 7) is 2.74. The number of nitrogens with zero attached hydrogens (tertiary/aromatic N) is 2. The summed E-state index contributed by atoms with van der Waals surface area (Å²) in [4.78, 5) is 32.1. The van der Waals surface area contributed by atoms with E-state index in [0.717, 1.165) is 18.4 Å². The van der Waals surface area contributed by atoms with E-state index in [1.54, 1.807) is 18.0 Å². The highest BCUT2D eigenvalue weighted by atomic mass is 16.2. The molecule has 5 nitrogen and oxygen atoms in total. The number of carbonyl (C=O) groups is 1. The van der Waals surface area contributed by atoms with Crippen LogP contribution in [0, 0.1) is 0 Å². The average molecular weight is 285 g/mol. The van der Waals surface area contributed by atoms with Gasteiger partial charge >= 0.3 is 5.69 Å². The van der Waals surface area contributed by atoms with Crippen molar-refractivity contribution >= 4 is 5.91 Å². The van der Waals surface area contributed by atoms with Gasteiger partial charge in [-0.1, -0.05) is 43.7 Å². The van der Waals surface area contributed by atoms with Crippen LogP contribution < -0.4 is 5.69 Å². The third-order valence-electron chi connectivity index (χ3n) is 3.24. The molecule has 0 radical (unpaired) electrons. The Morgan fingerprint density at radius 2 is 2.00 bits per heavy atom. The van der Waals surface area contributed by atoms with Crippen molar-refractivity contribution in [2.45, 2.75) is 19.8 Å². The summed E-state index contributed by atoms with van der Waals surface area (Å²) in [6.07, 6.45) is 1.95. The van der Waals surface area contributed by atoms with Crippen molar-refractivity contribution in [1.82, 2.24) is 14.9 Å². The minimum atomic E-state index is -0.511. The highest BCUT2D eigenvalue weighted by molar-refractivity contribution is 5.93. The van der Waals surface area contributed by atoms with Gasteiger partial charge in [0.15, 0.2) is 0 Å². The molecule has 1 heterocycles. The highest BCUT2D eigenvalue weighted by Gasteiger charge is 2.14. The number of carbonyl (C=O) groups excluding carboxylic acids is 1. The van der Waals surface area contributed by atoms with Crippen LogP contribution in [-0.2, 0) is 0 Å². The van der Waals surface area contributed by atoms with E-state index in [9.17, 15) is 9.59 Å². The molecule has 0 unspecified atom stereocenters. The Morgan fingerprint density at radius 3 is 2.67 bits per heavy atom. The zero-order valence-corrected chi connectivity index (χ0v) is 12.3. The van der Waals surface area contributed by atoms with Crippen LogP contribution in [0.2, 0.25) is 0 Å². The molecule has 110 valence electrons. The predicted molar refractivity (Wildman–Crippen MR) is 82.2 cm³/mol. The summed E-state index contributed by atoms with van der Waals surface area (Å²) in [7, 11) is 1.74. The molecule has 2 aromatic rings. The zero-order valence-electron chi connectivity index (χ0n) is 12.3. The van der Waals surface area contributed by atoms with Crippen molar-refractivity contribution in [3.05, 3.63) is 52.6 Å². The maximum atomic E-state index is 12.3. The van der Waals surface area contributed by atoms with Gasteiger partial charge in [-0.3, -0.25) is 4.79 Å². The molecule has 5 heteroatoms. The highest BCUT2D eigenvalue weighted by Crippen LogP contribution is 2.15. The van der Waals surface area contributed by atoms with Gasteiger partial charge in [0.2, 0.25) is 0 Å². The zero-order chi connectivity index (χ0) is 15.2. The Labute approximate surface area is 123 Å². The predicted octanol–water partition coefficient (Wildman–Crippen LogP) is 2.31. The Bertz CT molecular complexity index is 665. The number of hydrogen-bond donors (Lipinski definition) is 1.